The Morgan fingerprint density at radius 2 is 1.67 bits per heavy atom. The molecule has 5 rings (SSSR count). The van der Waals surface area contributed by atoms with Crippen molar-refractivity contribution in [3.05, 3.63) is 76.3 Å². The predicted molar refractivity (Wildman–Crippen MR) is 114 cm³/mol. The van der Waals surface area contributed by atoms with Gasteiger partial charge in [0.05, 0.1) is 0 Å². The molecule has 1 unspecified atom stereocenters. The maximum absolute atomic E-state index is 12.2. The number of carbonyl (C=O) groups is 2. The first kappa shape index (κ1) is 18.6. The summed E-state index contributed by atoms with van der Waals surface area (Å²) < 4.78 is 1.69. The lowest BCUT2D eigenvalue weighted by molar-refractivity contribution is -0.121. The molecule has 2 aliphatic heterocycles. The summed E-state index contributed by atoms with van der Waals surface area (Å²) in [6.45, 7) is 2.04. The molecule has 0 spiro atoms. The molecule has 2 aliphatic rings. The summed E-state index contributed by atoms with van der Waals surface area (Å²) in [7, 11) is 0. The number of carbonyl (C=O) groups excluding carboxylic acids is 2. The van der Waals surface area contributed by atoms with E-state index in [1.165, 1.54) is 5.56 Å². The maximum Gasteiger partial charge on any atom is 0.260 e. The Kier molecular flexibility index (Phi) is 4.40. The highest BCUT2D eigenvalue weighted by Gasteiger charge is 2.35. The zero-order chi connectivity index (χ0) is 20.8. The summed E-state index contributed by atoms with van der Waals surface area (Å²) in [4.78, 5) is 29.9. The molecule has 0 bridgehead atoms. The lowest BCUT2D eigenvalue weighted by Gasteiger charge is -2.24. The van der Waals surface area contributed by atoms with Crippen molar-refractivity contribution in [1.82, 2.24) is 14.8 Å². The summed E-state index contributed by atoms with van der Waals surface area (Å²) in [6.07, 6.45) is 2.42. The fourth-order valence-electron chi connectivity index (χ4n) is 3.68. The van der Waals surface area contributed by atoms with E-state index in [0.29, 0.717) is 11.0 Å². The molecule has 1 atom stereocenters. The van der Waals surface area contributed by atoms with Crippen LogP contribution in [0.25, 0.3) is 5.70 Å². The molecule has 1 aromatic heterocycles. The van der Waals surface area contributed by atoms with Crippen molar-refractivity contribution in [2.45, 2.75) is 25.8 Å². The van der Waals surface area contributed by atoms with E-state index in [1.807, 2.05) is 61.5 Å². The number of aromatic nitrogens is 3. The zero-order valence-electron chi connectivity index (χ0n) is 16.2. The number of benzene rings is 2. The van der Waals surface area contributed by atoms with Gasteiger partial charge in [-0.3, -0.25) is 9.59 Å². The quantitative estimate of drug-likeness (QED) is 0.650. The molecule has 3 heterocycles. The van der Waals surface area contributed by atoms with E-state index in [1.54, 1.807) is 4.68 Å². The average molecular weight is 420 g/mol. The second-order valence-corrected chi connectivity index (χ2v) is 7.81. The lowest BCUT2D eigenvalue weighted by atomic mass is 10.0. The minimum Gasteiger partial charge on any atom is -0.324 e. The van der Waals surface area contributed by atoms with Crippen molar-refractivity contribution in [3.63, 3.8) is 0 Å². The first-order valence-electron chi connectivity index (χ1n) is 9.63. The first-order chi connectivity index (χ1) is 14.5. The largest absolute Gasteiger partial charge is 0.324 e. The fraction of sp³-hybridized carbons (Fsp3) is 0.182. The molecule has 2 aromatic carbocycles. The van der Waals surface area contributed by atoms with E-state index in [0.717, 1.165) is 21.7 Å². The Morgan fingerprint density at radius 3 is 2.33 bits per heavy atom. The van der Waals surface area contributed by atoms with Crippen molar-refractivity contribution >= 4 is 41.0 Å². The molecule has 0 radical (unpaired) electrons. The molecule has 150 valence electrons. The van der Waals surface area contributed by atoms with Gasteiger partial charge in [-0.15, -0.1) is 5.10 Å². The van der Waals surface area contributed by atoms with E-state index >= 15 is 0 Å². The zero-order valence-corrected chi connectivity index (χ0v) is 16.9. The Bertz CT molecular complexity index is 1170. The topological polar surface area (TPSA) is 80.1 Å². The second-order valence-electron chi connectivity index (χ2n) is 7.37. The van der Waals surface area contributed by atoms with Crippen LogP contribution < -0.4 is 10.2 Å². The monoisotopic (exact) mass is 419 g/mol. The normalized spacial score (nSPS) is 18.3. The molecule has 2 amide bonds. The van der Waals surface area contributed by atoms with Crippen LogP contribution in [0.1, 0.15) is 35.6 Å². The van der Waals surface area contributed by atoms with Crippen LogP contribution in [-0.4, -0.2) is 26.6 Å². The molecule has 7 nitrogen and oxygen atoms in total. The number of anilines is 2. The fourth-order valence-corrected chi connectivity index (χ4v) is 3.80. The number of amides is 2. The minimum absolute atomic E-state index is 0.0996. The van der Waals surface area contributed by atoms with Gasteiger partial charge in [-0.25, -0.2) is 9.58 Å². The predicted octanol–water partition coefficient (Wildman–Crippen LogP) is 3.95. The summed E-state index contributed by atoms with van der Waals surface area (Å²) in [5.74, 6) is 0.00783. The van der Waals surface area contributed by atoms with Crippen LogP contribution in [0.4, 0.5) is 11.9 Å². The van der Waals surface area contributed by atoms with Gasteiger partial charge in [0.15, 0.2) is 0 Å². The second kappa shape index (κ2) is 7.11. The van der Waals surface area contributed by atoms with E-state index in [9.17, 15) is 9.59 Å². The van der Waals surface area contributed by atoms with Crippen molar-refractivity contribution < 1.29 is 9.59 Å². The summed E-state index contributed by atoms with van der Waals surface area (Å²) in [5, 5.41) is 8.44. The number of allylic oxidation sites excluding steroid dienone is 1. The molecule has 0 aliphatic carbocycles. The Morgan fingerprint density at radius 1 is 1.00 bits per heavy atom. The van der Waals surface area contributed by atoms with Crippen LogP contribution in [0.5, 0.6) is 0 Å². The summed E-state index contributed by atoms with van der Waals surface area (Å²) >= 11 is 6.07. The van der Waals surface area contributed by atoms with Gasteiger partial charge < -0.3 is 5.32 Å². The standard InChI is InChI=1S/C22H18ClN5O2/c1-13-2-4-14(5-3-13)17-12-18(15-6-8-16(23)9-7-15)28-21(24-17)25-22(26-28)27-19(29)10-11-20(27)30/h2-9,12,18H,10-11H2,1H3,(H,24,25,26). The molecule has 3 aromatic rings. The van der Waals surface area contributed by atoms with Gasteiger partial charge in [0.25, 0.3) is 5.95 Å². The SMILES string of the molecule is Cc1ccc(C2=CC(c3ccc(Cl)cc3)n3nc(N4C(=O)CCC4=O)nc3N2)cc1. The van der Waals surface area contributed by atoms with Crippen molar-refractivity contribution in [3.8, 4) is 0 Å². The van der Waals surface area contributed by atoms with Gasteiger partial charge in [0.2, 0.25) is 17.8 Å². The number of nitrogens with one attached hydrogen (secondary N) is 1. The number of halogens is 1. The van der Waals surface area contributed by atoms with Gasteiger partial charge in [-0.05, 0) is 36.3 Å². The van der Waals surface area contributed by atoms with Gasteiger partial charge in [0.1, 0.15) is 6.04 Å². The summed E-state index contributed by atoms with van der Waals surface area (Å²) in [5.41, 5.74) is 4.01. The van der Waals surface area contributed by atoms with Gasteiger partial charge >= 0.3 is 0 Å². The van der Waals surface area contributed by atoms with E-state index in [-0.39, 0.29) is 36.6 Å². The van der Waals surface area contributed by atoms with Gasteiger partial charge in [-0.2, -0.15) is 4.98 Å². The number of rotatable bonds is 3. The van der Waals surface area contributed by atoms with Crippen molar-refractivity contribution in [1.29, 1.82) is 0 Å². The third-order valence-electron chi connectivity index (χ3n) is 5.28. The number of imide groups is 1. The third-order valence-corrected chi connectivity index (χ3v) is 5.53. The Labute approximate surface area is 178 Å². The maximum atomic E-state index is 12.2. The Balaban J connectivity index is 1.61. The summed E-state index contributed by atoms with van der Waals surface area (Å²) in [6, 6.07) is 15.4. The average Bonchev–Trinajstić information content (AvgIpc) is 3.30. The molecular weight excluding hydrogens is 402 g/mol. The molecule has 1 fully saturated rings. The van der Waals surface area contributed by atoms with Crippen LogP contribution in [-0.2, 0) is 9.59 Å². The number of nitrogens with zero attached hydrogens (tertiary/aromatic N) is 4. The van der Waals surface area contributed by atoms with E-state index in [4.69, 9.17) is 11.6 Å². The lowest BCUT2D eigenvalue weighted by Crippen LogP contribution is -2.29. The molecule has 1 saturated heterocycles. The highest BCUT2D eigenvalue weighted by atomic mass is 35.5. The van der Waals surface area contributed by atoms with Crippen LogP contribution >= 0.6 is 11.6 Å². The van der Waals surface area contributed by atoms with E-state index in [2.05, 4.69) is 15.4 Å². The van der Waals surface area contributed by atoms with Crippen LogP contribution in [0.2, 0.25) is 5.02 Å². The molecule has 30 heavy (non-hydrogen) atoms. The molecule has 0 saturated carbocycles. The highest BCUT2D eigenvalue weighted by Crippen LogP contribution is 2.34. The number of hydrogen-bond donors (Lipinski definition) is 1. The molecule has 1 N–H and O–H groups in total. The van der Waals surface area contributed by atoms with Crippen LogP contribution in [0, 0.1) is 6.92 Å². The first-order valence-corrected chi connectivity index (χ1v) is 10.0. The number of hydrogen-bond acceptors (Lipinski definition) is 5. The van der Waals surface area contributed by atoms with Crippen LogP contribution in [0.3, 0.4) is 0 Å². The van der Waals surface area contributed by atoms with Gasteiger partial charge in [-0.1, -0.05) is 53.6 Å². The molecular formula is C22H18ClN5O2. The molecule has 8 heteroatoms. The smallest absolute Gasteiger partial charge is 0.260 e. The highest BCUT2D eigenvalue weighted by molar-refractivity contribution is 6.30. The van der Waals surface area contributed by atoms with Crippen LogP contribution in [0.15, 0.2) is 54.6 Å². The van der Waals surface area contributed by atoms with E-state index < -0.39 is 0 Å². The minimum atomic E-state index is -0.280. The Hall–Kier alpha value is -3.45. The number of aryl methyl sites for hydroxylation is 1. The number of fused-ring (bicyclic) bond motifs is 1. The van der Waals surface area contributed by atoms with Crippen molar-refractivity contribution in [2.75, 3.05) is 10.2 Å². The van der Waals surface area contributed by atoms with Crippen molar-refractivity contribution in [2.24, 2.45) is 0 Å². The van der Waals surface area contributed by atoms with Gasteiger partial charge in [0, 0.05) is 23.6 Å². The third kappa shape index (κ3) is 3.17.